The molecule has 0 saturated carbocycles. The summed E-state index contributed by atoms with van der Waals surface area (Å²) >= 11 is 0. The number of rotatable bonds is 7. The molecule has 0 fully saturated rings. The first kappa shape index (κ1) is 15.0. The number of halogens is 3. The van der Waals surface area contributed by atoms with Crippen LogP contribution in [0, 0.1) is 0 Å². The number of hydrogen-bond donors (Lipinski definition) is 1. The van der Waals surface area contributed by atoms with E-state index in [1.54, 1.807) is 0 Å². The summed E-state index contributed by atoms with van der Waals surface area (Å²) in [5.41, 5.74) is -0.694. The number of aromatic nitrogens is 2. The van der Waals surface area contributed by atoms with E-state index in [-0.39, 0.29) is 6.04 Å². The Morgan fingerprint density at radius 2 is 2.11 bits per heavy atom. The fraction of sp³-hybridized carbons (Fsp3) is 0.750. The van der Waals surface area contributed by atoms with Gasteiger partial charge in [-0.1, -0.05) is 19.8 Å². The van der Waals surface area contributed by atoms with Crippen molar-refractivity contribution in [3.05, 3.63) is 18.0 Å². The Morgan fingerprint density at radius 1 is 1.39 bits per heavy atom. The molecule has 6 heteroatoms. The summed E-state index contributed by atoms with van der Waals surface area (Å²) in [4.78, 5) is 0. The van der Waals surface area contributed by atoms with Crippen LogP contribution in [0.15, 0.2) is 12.4 Å². The van der Waals surface area contributed by atoms with E-state index in [4.69, 9.17) is 0 Å². The Labute approximate surface area is 105 Å². The summed E-state index contributed by atoms with van der Waals surface area (Å²) in [7, 11) is 0. The highest BCUT2D eigenvalue weighted by Gasteiger charge is 2.32. The van der Waals surface area contributed by atoms with Crippen molar-refractivity contribution in [2.24, 2.45) is 0 Å². The van der Waals surface area contributed by atoms with Crippen LogP contribution in [0.2, 0.25) is 0 Å². The quantitative estimate of drug-likeness (QED) is 0.765. The van der Waals surface area contributed by atoms with Gasteiger partial charge in [-0.15, -0.1) is 0 Å². The van der Waals surface area contributed by atoms with Gasteiger partial charge in [0.2, 0.25) is 0 Å². The number of hydrogen-bond acceptors (Lipinski definition) is 2. The van der Waals surface area contributed by atoms with Crippen molar-refractivity contribution in [1.82, 2.24) is 15.1 Å². The molecule has 104 valence electrons. The summed E-state index contributed by atoms with van der Waals surface area (Å²) in [6.45, 7) is 5.50. The molecule has 1 unspecified atom stereocenters. The Morgan fingerprint density at radius 3 is 2.67 bits per heavy atom. The maximum Gasteiger partial charge on any atom is 0.419 e. The van der Waals surface area contributed by atoms with Gasteiger partial charge in [-0.25, -0.2) is 0 Å². The van der Waals surface area contributed by atoms with E-state index in [0.29, 0.717) is 6.54 Å². The van der Waals surface area contributed by atoms with Crippen molar-refractivity contribution < 1.29 is 13.2 Å². The van der Waals surface area contributed by atoms with Crippen LogP contribution in [-0.2, 0) is 6.18 Å². The van der Waals surface area contributed by atoms with Gasteiger partial charge in [0.1, 0.15) is 0 Å². The lowest BCUT2D eigenvalue weighted by Crippen LogP contribution is -2.24. The molecule has 0 amide bonds. The normalized spacial score (nSPS) is 13.8. The molecular weight excluding hydrogens is 243 g/mol. The summed E-state index contributed by atoms with van der Waals surface area (Å²) in [6, 6.07) is -0.0808. The van der Waals surface area contributed by atoms with E-state index in [9.17, 15) is 13.2 Å². The van der Waals surface area contributed by atoms with E-state index in [2.05, 4.69) is 17.3 Å². The minimum absolute atomic E-state index is 0.0808. The van der Waals surface area contributed by atoms with Crippen LogP contribution in [0.25, 0.3) is 0 Å². The van der Waals surface area contributed by atoms with Gasteiger partial charge in [-0.05, 0) is 19.9 Å². The van der Waals surface area contributed by atoms with E-state index >= 15 is 0 Å². The van der Waals surface area contributed by atoms with Crippen molar-refractivity contribution in [1.29, 1.82) is 0 Å². The van der Waals surface area contributed by atoms with Gasteiger partial charge >= 0.3 is 6.18 Å². The maximum atomic E-state index is 12.4. The molecule has 1 rings (SSSR count). The van der Waals surface area contributed by atoms with Crippen LogP contribution in [0.4, 0.5) is 13.2 Å². The lowest BCUT2D eigenvalue weighted by atomic mass is 10.2. The van der Waals surface area contributed by atoms with Gasteiger partial charge in [0.15, 0.2) is 0 Å². The zero-order valence-corrected chi connectivity index (χ0v) is 10.8. The fourth-order valence-corrected chi connectivity index (χ4v) is 1.63. The van der Waals surface area contributed by atoms with Gasteiger partial charge in [0.05, 0.1) is 17.8 Å². The molecule has 0 aliphatic rings. The highest BCUT2D eigenvalue weighted by atomic mass is 19.4. The third kappa shape index (κ3) is 4.68. The van der Waals surface area contributed by atoms with Crippen LogP contribution < -0.4 is 5.32 Å². The van der Waals surface area contributed by atoms with E-state index in [1.807, 2.05) is 6.92 Å². The second-order valence-corrected chi connectivity index (χ2v) is 4.47. The van der Waals surface area contributed by atoms with Gasteiger partial charge in [0, 0.05) is 12.7 Å². The minimum atomic E-state index is -4.31. The molecule has 1 aromatic rings. The van der Waals surface area contributed by atoms with Crippen molar-refractivity contribution in [2.45, 2.75) is 45.3 Å². The van der Waals surface area contributed by atoms with Gasteiger partial charge < -0.3 is 5.32 Å². The average molecular weight is 263 g/mol. The third-order valence-corrected chi connectivity index (χ3v) is 2.78. The highest BCUT2D eigenvalue weighted by molar-refractivity contribution is 5.08. The second kappa shape index (κ2) is 6.78. The Kier molecular flexibility index (Phi) is 5.65. The molecule has 0 saturated heterocycles. The van der Waals surface area contributed by atoms with Crippen LogP contribution >= 0.6 is 0 Å². The molecule has 1 aromatic heterocycles. The summed E-state index contributed by atoms with van der Waals surface area (Å²) in [6.07, 6.45) is 1.03. The van der Waals surface area contributed by atoms with Gasteiger partial charge in [0.25, 0.3) is 0 Å². The summed E-state index contributed by atoms with van der Waals surface area (Å²) in [5.74, 6) is 0. The first-order valence-corrected chi connectivity index (χ1v) is 6.27. The Hall–Kier alpha value is -1.04. The predicted octanol–water partition coefficient (Wildman–Crippen LogP) is 3.24. The topological polar surface area (TPSA) is 29.9 Å². The van der Waals surface area contributed by atoms with Gasteiger partial charge in [-0.3, -0.25) is 4.68 Å². The molecule has 0 aliphatic carbocycles. The molecule has 0 spiro atoms. The lowest BCUT2D eigenvalue weighted by molar-refractivity contribution is -0.137. The van der Waals surface area contributed by atoms with Crippen LogP contribution in [0.1, 0.15) is 44.7 Å². The molecule has 0 radical (unpaired) electrons. The third-order valence-electron chi connectivity index (χ3n) is 2.78. The van der Waals surface area contributed by atoms with E-state index in [1.165, 1.54) is 11.1 Å². The molecule has 18 heavy (non-hydrogen) atoms. The molecular formula is C12H20F3N3. The first-order chi connectivity index (χ1) is 8.45. The molecule has 1 N–H and O–H groups in total. The van der Waals surface area contributed by atoms with Crippen molar-refractivity contribution in [3.8, 4) is 0 Å². The average Bonchev–Trinajstić information content (AvgIpc) is 2.77. The first-order valence-electron chi connectivity index (χ1n) is 6.27. The van der Waals surface area contributed by atoms with Gasteiger partial charge in [-0.2, -0.15) is 18.3 Å². The van der Waals surface area contributed by atoms with Crippen molar-refractivity contribution in [2.75, 3.05) is 13.1 Å². The molecule has 0 aliphatic heterocycles. The molecule has 0 bridgehead atoms. The smallest absolute Gasteiger partial charge is 0.315 e. The Bertz CT molecular complexity index is 347. The number of alkyl halides is 3. The lowest BCUT2D eigenvalue weighted by Gasteiger charge is -2.13. The molecule has 0 aromatic carbocycles. The largest absolute Gasteiger partial charge is 0.419 e. The Balaban J connectivity index is 2.37. The highest BCUT2D eigenvalue weighted by Crippen LogP contribution is 2.28. The molecule has 1 heterocycles. The summed E-state index contributed by atoms with van der Waals surface area (Å²) < 4.78 is 38.5. The zero-order chi connectivity index (χ0) is 13.6. The van der Waals surface area contributed by atoms with Crippen LogP contribution in [-0.4, -0.2) is 22.9 Å². The molecule has 1 atom stereocenters. The van der Waals surface area contributed by atoms with Crippen molar-refractivity contribution in [3.63, 3.8) is 0 Å². The number of nitrogens with one attached hydrogen (secondary N) is 1. The predicted molar refractivity (Wildman–Crippen MR) is 64.3 cm³/mol. The minimum Gasteiger partial charge on any atom is -0.315 e. The van der Waals surface area contributed by atoms with E-state index in [0.717, 1.165) is 31.8 Å². The monoisotopic (exact) mass is 263 g/mol. The molecule has 3 nitrogen and oxygen atoms in total. The SMILES string of the molecule is CCCCCNCC(C)n1cc(C(F)(F)F)cn1. The van der Waals surface area contributed by atoms with E-state index < -0.39 is 11.7 Å². The number of unbranched alkanes of at least 4 members (excludes halogenated alkanes) is 2. The van der Waals surface area contributed by atoms with Crippen LogP contribution in [0.3, 0.4) is 0 Å². The number of nitrogens with zero attached hydrogens (tertiary/aromatic N) is 2. The van der Waals surface area contributed by atoms with Crippen LogP contribution in [0.5, 0.6) is 0 Å². The zero-order valence-electron chi connectivity index (χ0n) is 10.8. The maximum absolute atomic E-state index is 12.4. The standard InChI is InChI=1S/C12H20F3N3/c1-3-4-5-6-16-7-10(2)18-9-11(8-17-18)12(13,14)15/h8-10,16H,3-7H2,1-2H3. The summed E-state index contributed by atoms with van der Waals surface area (Å²) in [5, 5.41) is 6.98. The second-order valence-electron chi connectivity index (χ2n) is 4.47. The fourth-order valence-electron chi connectivity index (χ4n) is 1.63. The van der Waals surface area contributed by atoms with Crippen molar-refractivity contribution >= 4 is 0 Å².